The van der Waals surface area contributed by atoms with Crippen LogP contribution in [0.5, 0.6) is 0 Å². The number of carbonyl (C=O) groups excluding carboxylic acids is 1. The zero-order chi connectivity index (χ0) is 16.2. The van der Waals surface area contributed by atoms with Gasteiger partial charge in [-0.15, -0.1) is 0 Å². The highest BCUT2D eigenvalue weighted by Gasteiger charge is 2.17. The highest BCUT2D eigenvalue weighted by molar-refractivity contribution is 6.05. The molecule has 1 amide bonds. The molecule has 120 valence electrons. The molecule has 1 N–H and O–H groups in total. The van der Waals surface area contributed by atoms with Crippen molar-refractivity contribution in [3.63, 3.8) is 0 Å². The number of hydrogen-bond acceptors (Lipinski definition) is 4. The van der Waals surface area contributed by atoms with Crippen LogP contribution in [0.4, 0.5) is 0 Å². The highest BCUT2D eigenvalue weighted by Crippen LogP contribution is 2.15. The molecule has 6 heteroatoms. The summed E-state index contributed by atoms with van der Waals surface area (Å²) in [6.45, 7) is 2.45. The Labute approximate surface area is 134 Å². The van der Waals surface area contributed by atoms with E-state index in [1.165, 1.54) is 4.68 Å². The van der Waals surface area contributed by atoms with Crippen molar-refractivity contribution in [3.05, 3.63) is 40.3 Å². The van der Waals surface area contributed by atoms with Gasteiger partial charge in [0, 0.05) is 17.6 Å². The predicted molar refractivity (Wildman–Crippen MR) is 89.7 cm³/mol. The largest absolute Gasteiger partial charge is 0.292 e. The Hall–Kier alpha value is -2.50. The smallest absolute Gasteiger partial charge is 0.267 e. The summed E-state index contributed by atoms with van der Waals surface area (Å²) in [6.07, 6.45) is 4.89. The minimum Gasteiger partial charge on any atom is -0.267 e. The van der Waals surface area contributed by atoms with Crippen molar-refractivity contribution in [1.82, 2.24) is 15.2 Å². The van der Waals surface area contributed by atoms with Gasteiger partial charge in [-0.1, -0.05) is 25.1 Å². The molecular weight excluding hydrogens is 292 g/mol. The molecule has 2 aromatic rings. The molecule has 0 spiro atoms. The van der Waals surface area contributed by atoms with Gasteiger partial charge in [0.05, 0.1) is 5.39 Å². The lowest BCUT2D eigenvalue weighted by Crippen LogP contribution is -2.29. The fraction of sp³-hybridized carbons (Fsp3) is 0.412. The molecule has 0 unspecified atom stereocenters. The van der Waals surface area contributed by atoms with Gasteiger partial charge in [-0.25, -0.2) is 10.1 Å². The Morgan fingerprint density at radius 2 is 1.96 bits per heavy atom. The minimum atomic E-state index is -0.370. The van der Waals surface area contributed by atoms with Gasteiger partial charge < -0.3 is 0 Å². The number of fused-ring (bicyclic) bond motifs is 1. The number of carbonyl (C=O) groups is 1. The van der Waals surface area contributed by atoms with Crippen LogP contribution in [-0.4, -0.2) is 21.4 Å². The van der Waals surface area contributed by atoms with Gasteiger partial charge in [0.15, 0.2) is 5.69 Å². The van der Waals surface area contributed by atoms with Gasteiger partial charge in [-0.05, 0) is 38.2 Å². The molecular formula is C17H20N4O2. The van der Waals surface area contributed by atoms with E-state index in [1.807, 2.05) is 6.92 Å². The number of nitrogens with zero attached hydrogens (tertiary/aromatic N) is 3. The fourth-order valence-electron chi connectivity index (χ4n) is 2.84. The first-order valence-electron chi connectivity index (χ1n) is 8.06. The maximum absolute atomic E-state index is 12.5. The van der Waals surface area contributed by atoms with E-state index in [0.717, 1.165) is 37.8 Å². The van der Waals surface area contributed by atoms with Crippen LogP contribution in [0.2, 0.25) is 0 Å². The van der Waals surface area contributed by atoms with Crippen LogP contribution in [-0.2, 0) is 6.54 Å². The average Bonchev–Trinajstić information content (AvgIpc) is 3.09. The van der Waals surface area contributed by atoms with E-state index in [2.05, 4.69) is 15.6 Å². The summed E-state index contributed by atoms with van der Waals surface area (Å²) < 4.78 is 1.36. The molecule has 6 nitrogen and oxygen atoms in total. The summed E-state index contributed by atoms with van der Waals surface area (Å²) in [5.41, 5.74) is 3.69. The van der Waals surface area contributed by atoms with Crippen molar-refractivity contribution in [2.45, 2.75) is 45.6 Å². The summed E-state index contributed by atoms with van der Waals surface area (Å²) in [5, 5.41) is 9.53. The number of nitrogens with one attached hydrogen (secondary N) is 1. The second-order valence-electron chi connectivity index (χ2n) is 5.75. The van der Waals surface area contributed by atoms with Crippen LogP contribution in [0.15, 0.2) is 34.2 Å². The Morgan fingerprint density at radius 3 is 2.65 bits per heavy atom. The maximum Gasteiger partial charge on any atom is 0.292 e. The van der Waals surface area contributed by atoms with Gasteiger partial charge >= 0.3 is 0 Å². The first kappa shape index (κ1) is 15.4. The van der Waals surface area contributed by atoms with Gasteiger partial charge in [-0.2, -0.15) is 10.2 Å². The summed E-state index contributed by atoms with van der Waals surface area (Å²) in [4.78, 5) is 24.9. The zero-order valence-electron chi connectivity index (χ0n) is 13.2. The van der Waals surface area contributed by atoms with Crippen LogP contribution in [0, 0.1) is 0 Å². The van der Waals surface area contributed by atoms with E-state index in [1.54, 1.807) is 24.3 Å². The number of hydrazone groups is 1. The normalized spacial score (nSPS) is 14.2. The topological polar surface area (TPSA) is 76.3 Å². The lowest BCUT2D eigenvalue weighted by atomic mass is 10.1. The molecule has 0 saturated heterocycles. The molecule has 1 aromatic heterocycles. The van der Waals surface area contributed by atoms with Crippen LogP contribution >= 0.6 is 0 Å². The van der Waals surface area contributed by atoms with Crippen molar-refractivity contribution in [2.75, 3.05) is 0 Å². The van der Waals surface area contributed by atoms with E-state index in [0.29, 0.717) is 17.3 Å². The Kier molecular flexibility index (Phi) is 4.50. The molecule has 0 radical (unpaired) electrons. The van der Waals surface area contributed by atoms with E-state index < -0.39 is 0 Å². The molecule has 1 saturated carbocycles. The number of hydrogen-bond donors (Lipinski definition) is 1. The van der Waals surface area contributed by atoms with Crippen molar-refractivity contribution >= 4 is 22.4 Å². The van der Waals surface area contributed by atoms with Gasteiger partial charge in [0.1, 0.15) is 0 Å². The number of aromatic nitrogens is 2. The van der Waals surface area contributed by atoms with Gasteiger partial charge in [0.25, 0.3) is 11.5 Å². The molecule has 1 aliphatic rings. The number of benzene rings is 1. The van der Waals surface area contributed by atoms with E-state index in [4.69, 9.17) is 0 Å². The van der Waals surface area contributed by atoms with Crippen LogP contribution in [0.25, 0.3) is 10.8 Å². The Bertz CT molecular complexity index is 815. The van der Waals surface area contributed by atoms with Crippen molar-refractivity contribution < 1.29 is 4.79 Å². The predicted octanol–water partition coefficient (Wildman–Crippen LogP) is 2.47. The molecule has 0 bridgehead atoms. The third-order valence-electron chi connectivity index (χ3n) is 4.01. The third-order valence-corrected chi connectivity index (χ3v) is 4.01. The number of amides is 1. The van der Waals surface area contributed by atoms with Gasteiger partial charge in [0.2, 0.25) is 0 Å². The fourth-order valence-corrected chi connectivity index (χ4v) is 2.84. The van der Waals surface area contributed by atoms with Crippen LogP contribution in [0.1, 0.15) is 49.5 Å². The summed E-state index contributed by atoms with van der Waals surface area (Å²) >= 11 is 0. The summed E-state index contributed by atoms with van der Waals surface area (Å²) in [6, 6.07) is 7.07. The molecule has 1 fully saturated rings. The lowest BCUT2D eigenvalue weighted by Gasteiger charge is -2.09. The lowest BCUT2D eigenvalue weighted by molar-refractivity contribution is 0.0949. The second-order valence-corrected chi connectivity index (χ2v) is 5.75. The first-order valence-corrected chi connectivity index (χ1v) is 8.06. The SMILES string of the molecule is CCCn1nc(C(=O)NN=C2CCCC2)c2ccccc2c1=O. The monoisotopic (exact) mass is 312 g/mol. The second kappa shape index (κ2) is 6.73. The third kappa shape index (κ3) is 3.16. The standard InChI is InChI=1S/C17H20N4O2/c1-2-11-21-17(23)14-10-6-5-9-13(14)15(20-21)16(22)19-18-12-7-3-4-8-12/h5-6,9-10H,2-4,7-8,11H2,1H3,(H,19,22). The quantitative estimate of drug-likeness (QED) is 0.881. The van der Waals surface area contributed by atoms with E-state index in [-0.39, 0.29) is 17.2 Å². The molecule has 0 atom stereocenters. The molecule has 23 heavy (non-hydrogen) atoms. The summed E-state index contributed by atoms with van der Waals surface area (Å²) in [7, 11) is 0. The van der Waals surface area contributed by atoms with Crippen LogP contribution < -0.4 is 11.0 Å². The molecule has 3 rings (SSSR count). The zero-order valence-corrected chi connectivity index (χ0v) is 13.2. The summed E-state index contributed by atoms with van der Waals surface area (Å²) in [5.74, 6) is -0.370. The maximum atomic E-state index is 12.5. The minimum absolute atomic E-state index is 0.166. The molecule has 1 aliphatic carbocycles. The van der Waals surface area contributed by atoms with Crippen molar-refractivity contribution in [2.24, 2.45) is 5.10 Å². The van der Waals surface area contributed by atoms with Crippen LogP contribution in [0.3, 0.4) is 0 Å². The van der Waals surface area contributed by atoms with Gasteiger partial charge in [-0.3, -0.25) is 9.59 Å². The molecule has 0 aliphatic heterocycles. The van der Waals surface area contributed by atoms with Crippen molar-refractivity contribution in [3.8, 4) is 0 Å². The van der Waals surface area contributed by atoms with Crippen molar-refractivity contribution in [1.29, 1.82) is 0 Å². The average molecular weight is 312 g/mol. The molecule has 1 heterocycles. The number of rotatable bonds is 4. The highest BCUT2D eigenvalue weighted by atomic mass is 16.2. The number of aryl methyl sites for hydroxylation is 1. The van der Waals surface area contributed by atoms with E-state index in [9.17, 15) is 9.59 Å². The Morgan fingerprint density at radius 1 is 1.26 bits per heavy atom. The van der Waals surface area contributed by atoms with E-state index >= 15 is 0 Å². The molecule has 1 aromatic carbocycles. The first-order chi connectivity index (χ1) is 11.2. The Balaban J connectivity index is 2.01.